The highest BCUT2D eigenvalue weighted by Gasteiger charge is 2.08. The molecule has 0 aliphatic heterocycles. The van der Waals surface area contributed by atoms with Crippen LogP contribution >= 0.6 is 0 Å². The third-order valence-electron chi connectivity index (χ3n) is 2.53. The Kier molecular flexibility index (Phi) is 4.81. The summed E-state index contributed by atoms with van der Waals surface area (Å²) in [5.41, 5.74) is 7.66. The molecule has 0 fully saturated rings. The quantitative estimate of drug-likeness (QED) is 0.646. The fourth-order valence-corrected chi connectivity index (χ4v) is 1.58. The van der Waals surface area contributed by atoms with E-state index in [1.807, 2.05) is 30.3 Å². The van der Waals surface area contributed by atoms with Crippen LogP contribution in [-0.2, 0) is 11.3 Å². The first-order chi connectivity index (χ1) is 10.2. The number of hydrogen-bond donors (Lipinski definition) is 2. The molecule has 0 aliphatic carbocycles. The van der Waals surface area contributed by atoms with Gasteiger partial charge in [0, 0.05) is 17.0 Å². The van der Waals surface area contributed by atoms with E-state index in [0.29, 0.717) is 0 Å². The molecule has 2 rings (SSSR count). The number of hydrogen-bond acceptors (Lipinski definition) is 5. The second-order valence-electron chi connectivity index (χ2n) is 4.01. The SMILES string of the molecule is N=NOc1cc(NC(=O)OCc2ccccc2)ccc1F. The number of amides is 1. The Morgan fingerprint density at radius 3 is 2.71 bits per heavy atom. The number of rotatable bonds is 5. The zero-order valence-electron chi connectivity index (χ0n) is 10.9. The average Bonchev–Trinajstić information content (AvgIpc) is 2.50. The van der Waals surface area contributed by atoms with Gasteiger partial charge in [-0.15, -0.1) is 0 Å². The summed E-state index contributed by atoms with van der Waals surface area (Å²) in [6.45, 7) is 0.124. The molecule has 0 radical (unpaired) electrons. The molecule has 21 heavy (non-hydrogen) atoms. The molecule has 1 amide bonds. The van der Waals surface area contributed by atoms with Gasteiger partial charge in [-0.3, -0.25) is 5.32 Å². The molecule has 0 atom stereocenters. The van der Waals surface area contributed by atoms with Gasteiger partial charge in [0.15, 0.2) is 11.6 Å². The highest BCUT2D eigenvalue weighted by molar-refractivity contribution is 5.84. The van der Waals surface area contributed by atoms with Crippen LogP contribution in [0.3, 0.4) is 0 Å². The Morgan fingerprint density at radius 1 is 1.24 bits per heavy atom. The summed E-state index contributed by atoms with van der Waals surface area (Å²) >= 11 is 0. The van der Waals surface area contributed by atoms with Crippen LogP contribution in [0.4, 0.5) is 14.9 Å². The van der Waals surface area contributed by atoms with Crippen LogP contribution in [0.5, 0.6) is 5.75 Å². The van der Waals surface area contributed by atoms with Crippen molar-refractivity contribution in [1.29, 1.82) is 5.53 Å². The molecular formula is C14H12FN3O3. The molecule has 0 spiro atoms. The topological polar surface area (TPSA) is 83.8 Å². The smallest absolute Gasteiger partial charge is 0.411 e. The highest BCUT2D eigenvalue weighted by atomic mass is 19.1. The van der Waals surface area contributed by atoms with E-state index in [1.54, 1.807) is 0 Å². The third-order valence-corrected chi connectivity index (χ3v) is 2.53. The first-order valence-electron chi connectivity index (χ1n) is 6.00. The summed E-state index contributed by atoms with van der Waals surface area (Å²) < 4.78 is 18.3. The lowest BCUT2D eigenvalue weighted by Crippen LogP contribution is -2.13. The fourth-order valence-electron chi connectivity index (χ4n) is 1.58. The maximum Gasteiger partial charge on any atom is 0.411 e. The van der Waals surface area contributed by atoms with Gasteiger partial charge in [0.2, 0.25) is 0 Å². The van der Waals surface area contributed by atoms with E-state index in [4.69, 9.17) is 10.3 Å². The minimum Gasteiger partial charge on any atom is -0.444 e. The number of carbonyl (C=O) groups excluding carboxylic acids is 1. The molecule has 2 aromatic carbocycles. The molecule has 0 unspecified atom stereocenters. The molecule has 108 valence electrons. The number of halogens is 1. The Morgan fingerprint density at radius 2 is 2.00 bits per heavy atom. The van der Waals surface area contributed by atoms with Crippen LogP contribution in [0.15, 0.2) is 53.8 Å². The second kappa shape index (κ2) is 6.99. The lowest BCUT2D eigenvalue weighted by Gasteiger charge is -2.08. The van der Waals surface area contributed by atoms with Gasteiger partial charge in [0.25, 0.3) is 0 Å². The first-order valence-corrected chi connectivity index (χ1v) is 6.00. The van der Waals surface area contributed by atoms with Gasteiger partial charge >= 0.3 is 6.09 Å². The lowest BCUT2D eigenvalue weighted by atomic mass is 10.2. The Labute approximate surface area is 120 Å². The van der Waals surface area contributed by atoms with Crippen molar-refractivity contribution in [3.05, 3.63) is 59.9 Å². The van der Waals surface area contributed by atoms with E-state index in [1.165, 1.54) is 12.1 Å². The molecule has 7 heteroatoms. The van der Waals surface area contributed by atoms with Crippen LogP contribution < -0.4 is 10.2 Å². The first kappa shape index (κ1) is 14.4. The minimum absolute atomic E-state index is 0.124. The van der Waals surface area contributed by atoms with E-state index in [9.17, 15) is 9.18 Å². The van der Waals surface area contributed by atoms with Crippen molar-refractivity contribution < 1.29 is 18.8 Å². The van der Waals surface area contributed by atoms with Gasteiger partial charge in [0.05, 0.1) is 0 Å². The molecule has 2 N–H and O–H groups in total. The predicted octanol–water partition coefficient (Wildman–Crippen LogP) is 3.90. The van der Waals surface area contributed by atoms with E-state index in [0.717, 1.165) is 11.6 Å². The molecule has 0 bridgehead atoms. The highest BCUT2D eigenvalue weighted by Crippen LogP contribution is 2.22. The molecular weight excluding hydrogens is 277 g/mol. The maximum absolute atomic E-state index is 13.3. The Hall–Kier alpha value is -2.96. The minimum atomic E-state index is -0.686. The van der Waals surface area contributed by atoms with Gasteiger partial charge in [-0.05, 0) is 17.7 Å². The van der Waals surface area contributed by atoms with E-state index in [2.05, 4.69) is 15.4 Å². The van der Waals surface area contributed by atoms with E-state index >= 15 is 0 Å². The fraction of sp³-hybridized carbons (Fsp3) is 0.0714. The summed E-state index contributed by atoms with van der Waals surface area (Å²) in [5, 5.41) is 5.06. The number of benzene rings is 2. The summed E-state index contributed by atoms with van der Waals surface area (Å²) in [4.78, 5) is 16.0. The molecule has 0 saturated carbocycles. The van der Waals surface area contributed by atoms with Crippen LogP contribution in [-0.4, -0.2) is 6.09 Å². The molecule has 6 nitrogen and oxygen atoms in total. The Bertz CT molecular complexity index is 635. The monoisotopic (exact) mass is 289 g/mol. The van der Waals surface area contributed by atoms with Crippen molar-refractivity contribution >= 4 is 11.8 Å². The maximum atomic E-state index is 13.3. The number of ether oxygens (including phenoxy) is 1. The molecule has 2 aromatic rings. The zero-order valence-corrected chi connectivity index (χ0v) is 10.9. The summed E-state index contributed by atoms with van der Waals surface area (Å²) in [6.07, 6.45) is -0.681. The number of anilines is 1. The molecule has 0 heterocycles. The summed E-state index contributed by atoms with van der Waals surface area (Å²) in [7, 11) is 0. The average molecular weight is 289 g/mol. The van der Waals surface area contributed by atoms with Gasteiger partial charge in [0.1, 0.15) is 6.61 Å². The molecule has 0 aliphatic rings. The molecule has 0 saturated heterocycles. The van der Waals surface area contributed by atoms with E-state index < -0.39 is 11.9 Å². The summed E-state index contributed by atoms with van der Waals surface area (Å²) in [5.74, 6) is -0.944. The van der Waals surface area contributed by atoms with Crippen molar-refractivity contribution in [2.45, 2.75) is 6.61 Å². The van der Waals surface area contributed by atoms with Crippen molar-refractivity contribution in [1.82, 2.24) is 0 Å². The predicted molar refractivity (Wildman–Crippen MR) is 72.4 cm³/mol. The zero-order chi connectivity index (χ0) is 15.1. The van der Waals surface area contributed by atoms with Crippen LogP contribution in [0.1, 0.15) is 5.56 Å². The van der Waals surface area contributed by atoms with Crippen molar-refractivity contribution in [2.75, 3.05) is 5.32 Å². The number of nitrogens with zero attached hydrogens (tertiary/aromatic N) is 1. The van der Waals surface area contributed by atoms with E-state index in [-0.39, 0.29) is 18.0 Å². The van der Waals surface area contributed by atoms with Gasteiger partial charge in [-0.2, -0.15) is 5.53 Å². The van der Waals surface area contributed by atoms with Crippen molar-refractivity contribution in [2.24, 2.45) is 5.28 Å². The van der Waals surface area contributed by atoms with Crippen molar-refractivity contribution in [3.8, 4) is 5.75 Å². The third kappa shape index (κ3) is 4.27. The van der Waals surface area contributed by atoms with Crippen molar-refractivity contribution in [3.63, 3.8) is 0 Å². The normalized spacial score (nSPS) is 9.76. The largest absolute Gasteiger partial charge is 0.444 e. The van der Waals surface area contributed by atoms with Gasteiger partial charge in [-0.1, -0.05) is 30.3 Å². The standard InChI is InChI=1S/C14H12FN3O3/c15-12-7-6-11(8-13(12)21-18-16)17-14(19)20-9-10-4-2-1-3-5-10/h1-8,16H,9H2,(H,17,19). The number of carbonyl (C=O) groups is 1. The van der Waals surface area contributed by atoms with Gasteiger partial charge < -0.3 is 9.57 Å². The Balaban J connectivity index is 1.93. The van der Waals surface area contributed by atoms with Crippen LogP contribution in [0.25, 0.3) is 0 Å². The lowest BCUT2D eigenvalue weighted by molar-refractivity contribution is 0.155. The van der Waals surface area contributed by atoms with Crippen LogP contribution in [0.2, 0.25) is 0 Å². The molecule has 0 aromatic heterocycles. The summed E-state index contributed by atoms with van der Waals surface area (Å²) in [6, 6.07) is 12.8. The van der Waals surface area contributed by atoms with Crippen LogP contribution in [0, 0.1) is 11.3 Å². The number of nitrogens with one attached hydrogen (secondary N) is 2. The van der Waals surface area contributed by atoms with Gasteiger partial charge in [-0.25, -0.2) is 9.18 Å². The second-order valence-corrected chi connectivity index (χ2v) is 4.01.